The summed E-state index contributed by atoms with van der Waals surface area (Å²) in [4.78, 5) is 26.4. The van der Waals surface area contributed by atoms with Crippen molar-refractivity contribution in [3.05, 3.63) is 97.8 Å². The van der Waals surface area contributed by atoms with E-state index in [2.05, 4.69) is 10.6 Å². The van der Waals surface area contributed by atoms with Gasteiger partial charge in [-0.15, -0.1) is 11.3 Å². The molecular weight excluding hydrogens is 404 g/mol. The number of carbonyl (C=O) groups excluding carboxylic acids is 2. The summed E-state index contributed by atoms with van der Waals surface area (Å²) in [5, 5.41) is 8.16. The van der Waals surface area contributed by atoms with Crippen LogP contribution in [-0.2, 0) is 11.3 Å². The van der Waals surface area contributed by atoms with Crippen molar-refractivity contribution in [1.82, 2.24) is 10.6 Å². The molecule has 148 valence electrons. The van der Waals surface area contributed by atoms with Crippen molar-refractivity contribution in [1.29, 1.82) is 0 Å². The zero-order valence-corrected chi connectivity index (χ0v) is 17.7. The van der Waals surface area contributed by atoms with E-state index in [9.17, 15) is 9.59 Å². The second kappa shape index (κ2) is 9.54. The number of amides is 2. The fourth-order valence-electron chi connectivity index (χ4n) is 2.63. The third kappa shape index (κ3) is 5.79. The quantitative estimate of drug-likeness (QED) is 0.540. The van der Waals surface area contributed by atoms with Crippen LogP contribution < -0.4 is 10.6 Å². The lowest BCUT2D eigenvalue weighted by Gasteiger charge is -2.12. The Hall–Kier alpha value is -2.89. The van der Waals surface area contributed by atoms with Crippen LogP contribution in [0.4, 0.5) is 0 Å². The van der Waals surface area contributed by atoms with Crippen LogP contribution in [0.1, 0.15) is 31.9 Å². The Bertz CT molecular complexity index is 1040. The van der Waals surface area contributed by atoms with E-state index in [1.165, 1.54) is 11.3 Å². The van der Waals surface area contributed by atoms with Crippen molar-refractivity contribution in [2.24, 2.45) is 0 Å². The first-order valence-electron chi connectivity index (χ1n) is 9.09. The summed E-state index contributed by atoms with van der Waals surface area (Å²) in [6, 6.07) is 16.5. The van der Waals surface area contributed by atoms with Gasteiger partial charge in [-0.25, -0.2) is 0 Å². The summed E-state index contributed by atoms with van der Waals surface area (Å²) in [7, 11) is 0. The highest BCUT2D eigenvalue weighted by Gasteiger charge is 2.15. The molecule has 29 heavy (non-hydrogen) atoms. The molecule has 4 nitrogen and oxygen atoms in total. The van der Waals surface area contributed by atoms with Crippen LogP contribution in [0.3, 0.4) is 0 Å². The zero-order valence-electron chi connectivity index (χ0n) is 16.2. The fraction of sp³-hybridized carbons (Fsp3) is 0.130. The van der Waals surface area contributed by atoms with Crippen molar-refractivity contribution in [3.63, 3.8) is 0 Å². The Morgan fingerprint density at radius 2 is 1.79 bits per heavy atom. The van der Waals surface area contributed by atoms with E-state index in [1.807, 2.05) is 55.6 Å². The molecule has 1 heterocycles. The van der Waals surface area contributed by atoms with Crippen LogP contribution in [0.2, 0.25) is 5.02 Å². The number of rotatable bonds is 6. The molecule has 0 bridgehead atoms. The Balaban J connectivity index is 1.76. The highest BCUT2D eigenvalue weighted by Crippen LogP contribution is 2.15. The van der Waals surface area contributed by atoms with E-state index in [4.69, 9.17) is 11.6 Å². The first kappa shape index (κ1) is 20.8. The van der Waals surface area contributed by atoms with E-state index in [0.29, 0.717) is 17.1 Å². The molecule has 0 saturated carbocycles. The standard InChI is InChI=1S/C23H21ClN2O2S/c1-15-5-8-18(12-16(15)2)22(27)26-21(13-20-4-3-11-29-20)23(28)25-14-17-6-9-19(24)10-7-17/h3-13H,14H2,1-2H3,(H,25,28)(H,26,27)/b21-13+. The average molecular weight is 425 g/mol. The van der Waals surface area contributed by atoms with Crippen LogP contribution in [0, 0.1) is 13.8 Å². The molecule has 0 aliphatic heterocycles. The Kier molecular flexibility index (Phi) is 6.86. The molecule has 1 aromatic heterocycles. The lowest BCUT2D eigenvalue weighted by molar-refractivity contribution is -0.117. The maximum atomic E-state index is 12.8. The molecule has 3 rings (SSSR count). The topological polar surface area (TPSA) is 58.2 Å². The predicted octanol–water partition coefficient (Wildman–Crippen LogP) is 5.11. The van der Waals surface area contributed by atoms with Gasteiger partial charge in [0.25, 0.3) is 11.8 Å². The monoisotopic (exact) mass is 424 g/mol. The second-order valence-corrected chi connectivity index (χ2v) is 8.05. The predicted molar refractivity (Wildman–Crippen MR) is 119 cm³/mol. The molecule has 3 aromatic rings. The van der Waals surface area contributed by atoms with Gasteiger partial charge in [0.05, 0.1) is 0 Å². The molecule has 2 N–H and O–H groups in total. The molecule has 6 heteroatoms. The molecule has 0 radical (unpaired) electrons. The van der Waals surface area contributed by atoms with Crippen molar-refractivity contribution < 1.29 is 9.59 Å². The molecule has 2 amide bonds. The highest BCUT2D eigenvalue weighted by atomic mass is 35.5. The number of halogens is 1. The molecule has 0 atom stereocenters. The minimum absolute atomic E-state index is 0.199. The van der Waals surface area contributed by atoms with Gasteiger partial charge in [-0.3, -0.25) is 9.59 Å². The fourth-order valence-corrected chi connectivity index (χ4v) is 3.41. The number of hydrogen-bond donors (Lipinski definition) is 2. The normalized spacial score (nSPS) is 11.2. The first-order valence-corrected chi connectivity index (χ1v) is 10.3. The van der Waals surface area contributed by atoms with Crippen LogP contribution in [0.15, 0.2) is 65.7 Å². The van der Waals surface area contributed by atoms with Crippen molar-refractivity contribution in [3.8, 4) is 0 Å². The highest BCUT2D eigenvalue weighted by molar-refractivity contribution is 7.10. The number of benzene rings is 2. The maximum absolute atomic E-state index is 12.8. The molecule has 0 saturated heterocycles. The number of nitrogens with one attached hydrogen (secondary N) is 2. The largest absolute Gasteiger partial charge is 0.347 e. The zero-order chi connectivity index (χ0) is 20.8. The Labute approximate surface area is 179 Å². The van der Waals surface area contributed by atoms with Gasteiger partial charge in [-0.2, -0.15) is 0 Å². The summed E-state index contributed by atoms with van der Waals surface area (Å²) in [5.74, 6) is -0.678. The Morgan fingerprint density at radius 3 is 2.45 bits per heavy atom. The van der Waals surface area contributed by atoms with Gasteiger partial charge in [0, 0.05) is 22.0 Å². The summed E-state index contributed by atoms with van der Waals surface area (Å²) in [6.45, 7) is 4.27. The number of thiophene rings is 1. The van der Waals surface area contributed by atoms with Crippen molar-refractivity contribution in [2.75, 3.05) is 0 Å². The molecule has 0 spiro atoms. The third-order valence-electron chi connectivity index (χ3n) is 4.46. The minimum atomic E-state index is -0.356. The van der Waals surface area contributed by atoms with Crippen molar-refractivity contribution >= 4 is 40.8 Å². The smallest absolute Gasteiger partial charge is 0.268 e. The van der Waals surface area contributed by atoms with E-state index < -0.39 is 0 Å². The first-order chi connectivity index (χ1) is 13.9. The van der Waals surface area contributed by atoms with Gasteiger partial charge in [-0.1, -0.05) is 35.9 Å². The Morgan fingerprint density at radius 1 is 1.03 bits per heavy atom. The number of carbonyl (C=O) groups is 2. The van der Waals surface area contributed by atoms with Crippen LogP contribution >= 0.6 is 22.9 Å². The molecular formula is C23H21ClN2O2S. The molecule has 0 fully saturated rings. The summed E-state index contributed by atoms with van der Waals surface area (Å²) in [5.41, 5.74) is 3.75. The lowest BCUT2D eigenvalue weighted by Crippen LogP contribution is -2.34. The van der Waals surface area contributed by atoms with Gasteiger partial charge in [0.1, 0.15) is 5.70 Å². The molecule has 0 aliphatic carbocycles. The van der Waals surface area contributed by atoms with Crippen LogP contribution in [0.25, 0.3) is 6.08 Å². The second-order valence-electron chi connectivity index (χ2n) is 6.64. The summed E-state index contributed by atoms with van der Waals surface area (Å²) < 4.78 is 0. The lowest BCUT2D eigenvalue weighted by atomic mass is 10.1. The average Bonchev–Trinajstić information content (AvgIpc) is 3.22. The van der Waals surface area contributed by atoms with Gasteiger partial charge in [0.2, 0.25) is 0 Å². The van der Waals surface area contributed by atoms with E-state index >= 15 is 0 Å². The van der Waals surface area contributed by atoms with E-state index in [-0.39, 0.29) is 17.5 Å². The van der Waals surface area contributed by atoms with Crippen LogP contribution in [0.5, 0.6) is 0 Å². The minimum Gasteiger partial charge on any atom is -0.347 e. The molecule has 2 aromatic carbocycles. The van der Waals surface area contributed by atoms with Crippen LogP contribution in [-0.4, -0.2) is 11.8 Å². The third-order valence-corrected chi connectivity index (χ3v) is 5.53. The SMILES string of the molecule is Cc1ccc(C(=O)N/C(=C/c2cccs2)C(=O)NCc2ccc(Cl)cc2)cc1C. The maximum Gasteiger partial charge on any atom is 0.268 e. The van der Waals surface area contributed by atoms with Crippen molar-refractivity contribution in [2.45, 2.75) is 20.4 Å². The molecule has 0 unspecified atom stereocenters. The van der Waals surface area contributed by atoms with Gasteiger partial charge >= 0.3 is 0 Å². The number of aryl methyl sites for hydroxylation is 2. The van der Waals surface area contributed by atoms with E-state index in [1.54, 1.807) is 24.3 Å². The van der Waals surface area contributed by atoms with Gasteiger partial charge in [-0.05, 0) is 72.3 Å². The van der Waals surface area contributed by atoms with Gasteiger partial charge < -0.3 is 10.6 Å². The number of hydrogen-bond acceptors (Lipinski definition) is 3. The molecule has 0 aliphatic rings. The van der Waals surface area contributed by atoms with E-state index in [0.717, 1.165) is 21.6 Å². The van der Waals surface area contributed by atoms with Gasteiger partial charge in [0.15, 0.2) is 0 Å². The summed E-state index contributed by atoms with van der Waals surface area (Å²) >= 11 is 7.39. The summed E-state index contributed by atoms with van der Waals surface area (Å²) in [6.07, 6.45) is 1.68.